The number of rotatable bonds is 5. The van der Waals surface area contributed by atoms with E-state index in [1.54, 1.807) is 7.11 Å². The van der Waals surface area contributed by atoms with E-state index in [2.05, 4.69) is 5.32 Å². The molecule has 1 aromatic rings. The molecule has 1 aromatic carbocycles. The Hall–Kier alpha value is -1.06. The van der Waals surface area contributed by atoms with E-state index in [0.717, 1.165) is 24.4 Å². The Kier molecular flexibility index (Phi) is 4.43. The second-order valence-corrected chi connectivity index (χ2v) is 3.42. The molecule has 14 heavy (non-hydrogen) atoms. The molecule has 1 atom stereocenters. The number of hydrogen-bond acceptors (Lipinski definition) is 3. The molecule has 0 bridgehead atoms. The topological polar surface area (TPSA) is 47.3 Å². The molecule has 0 aromatic heterocycles. The molecule has 0 fully saturated rings. The highest BCUT2D eigenvalue weighted by molar-refractivity contribution is 5.32. The minimum absolute atomic E-state index is 0.185. The lowest BCUT2D eigenvalue weighted by Gasteiger charge is -2.10. The number of benzene rings is 1. The number of para-hydroxylation sites is 1. The van der Waals surface area contributed by atoms with Crippen LogP contribution in [0.1, 0.15) is 12.5 Å². The van der Waals surface area contributed by atoms with E-state index < -0.39 is 0 Å². The zero-order valence-electron chi connectivity index (χ0n) is 8.79. The van der Waals surface area contributed by atoms with Crippen molar-refractivity contribution < 1.29 is 4.74 Å². The van der Waals surface area contributed by atoms with Crippen molar-refractivity contribution in [3.8, 4) is 5.75 Å². The predicted octanol–water partition coefficient (Wildman–Crippen LogP) is 1.13. The summed E-state index contributed by atoms with van der Waals surface area (Å²) >= 11 is 0. The van der Waals surface area contributed by atoms with Crippen LogP contribution >= 0.6 is 0 Å². The van der Waals surface area contributed by atoms with Gasteiger partial charge < -0.3 is 15.8 Å². The van der Waals surface area contributed by atoms with E-state index in [4.69, 9.17) is 10.5 Å². The molecule has 3 N–H and O–H groups in total. The molecule has 0 amide bonds. The Morgan fingerprint density at radius 1 is 1.43 bits per heavy atom. The van der Waals surface area contributed by atoms with Crippen LogP contribution in [-0.2, 0) is 6.54 Å². The first kappa shape index (κ1) is 11.0. The third-order valence-corrected chi connectivity index (χ3v) is 1.97. The first-order valence-electron chi connectivity index (χ1n) is 4.82. The average Bonchev–Trinajstić information content (AvgIpc) is 2.18. The fourth-order valence-electron chi connectivity index (χ4n) is 1.28. The van der Waals surface area contributed by atoms with Gasteiger partial charge in [0.25, 0.3) is 0 Å². The predicted molar refractivity (Wildman–Crippen MR) is 58.4 cm³/mol. The molecule has 0 heterocycles. The summed E-state index contributed by atoms with van der Waals surface area (Å²) < 4.78 is 5.23. The van der Waals surface area contributed by atoms with Crippen molar-refractivity contribution >= 4 is 0 Å². The minimum Gasteiger partial charge on any atom is -0.496 e. The summed E-state index contributed by atoms with van der Waals surface area (Å²) in [6.45, 7) is 3.60. The molecule has 0 radical (unpaired) electrons. The molecular formula is C11H18N2O. The van der Waals surface area contributed by atoms with Gasteiger partial charge in [0.05, 0.1) is 7.11 Å². The van der Waals surface area contributed by atoms with Gasteiger partial charge in [-0.3, -0.25) is 0 Å². The molecule has 0 spiro atoms. The van der Waals surface area contributed by atoms with E-state index >= 15 is 0 Å². The number of nitrogens with two attached hydrogens (primary N) is 1. The first-order chi connectivity index (χ1) is 6.74. The number of hydrogen-bond donors (Lipinski definition) is 2. The standard InChI is InChI=1S/C11H18N2O/c1-9(12)7-13-8-10-5-3-4-6-11(10)14-2/h3-6,9,13H,7-8,12H2,1-2H3. The smallest absolute Gasteiger partial charge is 0.123 e. The van der Waals surface area contributed by atoms with Gasteiger partial charge in [0.2, 0.25) is 0 Å². The van der Waals surface area contributed by atoms with Crippen molar-refractivity contribution in [2.24, 2.45) is 5.73 Å². The van der Waals surface area contributed by atoms with Gasteiger partial charge in [0, 0.05) is 24.7 Å². The highest BCUT2D eigenvalue weighted by atomic mass is 16.5. The molecule has 1 unspecified atom stereocenters. The van der Waals surface area contributed by atoms with Gasteiger partial charge in [-0.25, -0.2) is 0 Å². The SMILES string of the molecule is COc1ccccc1CNCC(C)N. The molecule has 0 aliphatic rings. The third-order valence-electron chi connectivity index (χ3n) is 1.97. The van der Waals surface area contributed by atoms with Crippen LogP contribution in [0, 0.1) is 0 Å². The van der Waals surface area contributed by atoms with Crippen LogP contribution in [0.2, 0.25) is 0 Å². The van der Waals surface area contributed by atoms with Crippen molar-refractivity contribution in [3.63, 3.8) is 0 Å². The highest BCUT2D eigenvalue weighted by Crippen LogP contribution is 2.16. The lowest BCUT2D eigenvalue weighted by Crippen LogP contribution is -2.30. The van der Waals surface area contributed by atoms with Gasteiger partial charge in [-0.1, -0.05) is 18.2 Å². The molecular weight excluding hydrogens is 176 g/mol. The summed E-state index contributed by atoms with van der Waals surface area (Å²) in [4.78, 5) is 0. The fourth-order valence-corrected chi connectivity index (χ4v) is 1.28. The maximum absolute atomic E-state index is 5.63. The zero-order chi connectivity index (χ0) is 10.4. The van der Waals surface area contributed by atoms with Crippen molar-refractivity contribution in [1.82, 2.24) is 5.32 Å². The Bertz CT molecular complexity index is 274. The van der Waals surface area contributed by atoms with Crippen molar-refractivity contribution in [2.45, 2.75) is 19.5 Å². The highest BCUT2D eigenvalue weighted by Gasteiger charge is 2.00. The van der Waals surface area contributed by atoms with Crippen LogP contribution in [0.25, 0.3) is 0 Å². The molecule has 0 saturated carbocycles. The molecule has 0 aliphatic heterocycles. The van der Waals surface area contributed by atoms with Crippen molar-refractivity contribution in [1.29, 1.82) is 0 Å². The summed E-state index contributed by atoms with van der Waals surface area (Å²) in [7, 11) is 1.68. The van der Waals surface area contributed by atoms with Crippen LogP contribution < -0.4 is 15.8 Å². The summed E-state index contributed by atoms with van der Waals surface area (Å²) in [5, 5.41) is 3.27. The second kappa shape index (κ2) is 5.62. The van der Waals surface area contributed by atoms with Crippen LogP contribution in [0.4, 0.5) is 0 Å². The Labute approximate surface area is 85.3 Å². The normalized spacial score (nSPS) is 12.5. The number of nitrogens with one attached hydrogen (secondary N) is 1. The second-order valence-electron chi connectivity index (χ2n) is 3.42. The Balaban J connectivity index is 2.49. The zero-order valence-corrected chi connectivity index (χ0v) is 8.79. The largest absolute Gasteiger partial charge is 0.496 e. The summed E-state index contributed by atoms with van der Waals surface area (Å²) in [6.07, 6.45) is 0. The molecule has 3 heteroatoms. The molecule has 1 rings (SSSR count). The quantitative estimate of drug-likeness (QED) is 0.738. The van der Waals surface area contributed by atoms with Crippen LogP contribution in [0.5, 0.6) is 5.75 Å². The van der Waals surface area contributed by atoms with Gasteiger partial charge in [0.1, 0.15) is 5.75 Å². The van der Waals surface area contributed by atoms with E-state index in [9.17, 15) is 0 Å². The van der Waals surface area contributed by atoms with Crippen LogP contribution in [0.15, 0.2) is 24.3 Å². The van der Waals surface area contributed by atoms with Gasteiger partial charge in [-0.15, -0.1) is 0 Å². The molecule has 3 nitrogen and oxygen atoms in total. The lowest BCUT2D eigenvalue weighted by atomic mass is 10.2. The van der Waals surface area contributed by atoms with Crippen molar-refractivity contribution in [3.05, 3.63) is 29.8 Å². The summed E-state index contributed by atoms with van der Waals surface area (Å²) in [5.41, 5.74) is 6.80. The number of ether oxygens (including phenoxy) is 1. The Morgan fingerprint density at radius 2 is 2.14 bits per heavy atom. The summed E-state index contributed by atoms with van der Waals surface area (Å²) in [6, 6.07) is 8.17. The van der Waals surface area contributed by atoms with Gasteiger partial charge >= 0.3 is 0 Å². The average molecular weight is 194 g/mol. The summed E-state index contributed by atoms with van der Waals surface area (Å²) in [5.74, 6) is 0.921. The maximum atomic E-state index is 5.63. The number of methoxy groups -OCH3 is 1. The van der Waals surface area contributed by atoms with Gasteiger partial charge in [0.15, 0.2) is 0 Å². The van der Waals surface area contributed by atoms with Crippen LogP contribution in [0.3, 0.4) is 0 Å². The monoisotopic (exact) mass is 194 g/mol. The van der Waals surface area contributed by atoms with E-state index in [-0.39, 0.29) is 6.04 Å². The Morgan fingerprint density at radius 3 is 2.79 bits per heavy atom. The van der Waals surface area contributed by atoms with E-state index in [1.807, 2.05) is 31.2 Å². The lowest BCUT2D eigenvalue weighted by molar-refractivity contribution is 0.407. The fraction of sp³-hybridized carbons (Fsp3) is 0.455. The third kappa shape index (κ3) is 3.36. The molecule has 0 aliphatic carbocycles. The maximum Gasteiger partial charge on any atom is 0.123 e. The first-order valence-corrected chi connectivity index (χ1v) is 4.82. The van der Waals surface area contributed by atoms with Gasteiger partial charge in [-0.2, -0.15) is 0 Å². The molecule has 78 valence electrons. The van der Waals surface area contributed by atoms with Crippen molar-refractivity contribution in [2.75, 3.05) is 13.7 Å². The van der Waals surface area contributed by atoms with E-state index in [1.165, 1.54) is 0 Å². The minimum atomic E-state index is 0.185. The van der Waals surface area contributed by atoms with E-state index in [0.29, 0.717) is 0 Å². The van der Waals surface area contributed by atoms with Gasteiger partial charge in [-0.05, 0) is 13.0 Å². The molecule has 0 saturated heterocycles. The van der Waals surface area contributed by atoms with Crippen LogP contribution in [-0.4, -0.2) is 19.7 Å².